The van der Waals surface area contributed by atoms with Gasteiger partial charge in [0.05, 0.1) is 6.54 Å². The Morgan fingerprint density at radius 2 is 2.37 bits per heavy atom. The Balaban J connectivity index is 0.00000324. The minimum absolute atomic E-state index is 0. The summed E-state index contributed by atoms with van der Waals surface area (Å²) in [5.74, 6) is 5.22. The summed E-state index contributed by atoms with van der Waals surface area (Å²) in [7, 11) is 0. The normalized spacial score (nSPS) is 8.68. The number of hydrogen-bond donors (Lipinski definition) is 1. The molecule has 0 unspecified atom stereocenters. The van der Waals surface area contributed by atoms with E-state index in [1.807, 2.05) is 6.92 Å². The Morgan fingerprint density at radius 3 is 2.89 bits per heavy atom. The largest absolute Gasteiger partial charge is 0.418 e. The van der Waals surface area contributed by atoms with Crippen LogP contribution in [0.15, 0.2) is 12.3 Å². The molecule has 5 nitrogen and oxygen atoms in total. The molecule has 0 aromatic carbocycles. The van der Waals surface area contributed by atoms with Gasteiger partial charge in [-0.3, -0.25) is 14.5 Å². The van der Waals surface area contributed by atoms with Crippen LogP contribution in [-0.2, 0) is 42.3 Å². The summed E-state index contributed by atoms with van der Waals surface area (Å²) >= 11 is 0. The van der Waals surface area contributed by atoms with Crippen LogP contribution in [0.5, 0.6) is 0 Å². The molecule has 1 aromatic rings. The van der Waals surface area contributed by atoms with Crippen LogP contribution in [0.3, 0.4) is 0 Å². The van der Waals surface area contributed by atoms with Gasteiger partial charge in [-0.25, -0.2) is 0 Å². The molecule has 97 valence electrons. The third-order valence-corrected chi connectivity index (χ3v) is 2.10. The fourth-order valence-electron chi connectivity index (χ4n) is 1.19. The summed E-state index contributed by atoms with van der Waals surface area (Å²) < 4.78 is 0. The molecule has 0 aliphatic carbocycles. The zero-order valence-corrected chi connectivity index (χ0v) is 13.6. The summed E-state index contributed by atoms with van der Waals surface area (Å²) in [6.07, 6.45) is 2.98. The maximum Gasteiger partial charge on any atom is 0.229 e. The number of nitrogens with two attached hydrogens (primary N) is 1. The van der Waals surface area contributed by atoms with E-state index in [1.54, 1.807) is 6.07 Å². The van der Waals surface area contributed by atoms with Gasteiger partial charge in [-0.05, 0) is 12.1 Å². The van der Waals surface area contributed by atoms with Crippen LogP contribution in [0.25, 0.3) is 0 Å². The molecule has 0 aliphatic heterocycles. The number of imide groups is 1. The zero-order chi connectivity index (χ0) is 13.4. The first-order valence-electron chi connectivity index (χ1n) is 5.54. The molecular formula is C13H14N3O2Y-. The van der Waals surface area contributed by atoms with Crippen molar-refractivity contribution in [3.05, 3.63) is 24.0 Å². The van der Waals surface area contributed by atoms with Gasteiger partial charge < -0.3 is 10.7 Å². The first-order valence-corrected chi connectivity index (χ1v) is 5.54. The van der Waals surface area contributed by atoms with Crippen molar-refractivity contribution in [2.45, 2.75) is 19.8 Å². The fraction of sp³-hybridized carbons (Fsp3) is 0.308. The molecule has 1 radical (unpaired) electrons. The first-order chi connectivity index (χ1) is 8.67. The molecule has 0 spiro atoms. The van der Waals surface area contributed by atoms with E-state index in [4.69, 9.17) is 5.73 Å². The molecular weight excluding hydrogens is 319 g/mol. The van der Waals surface area contributed by atoms with Crippen LogP contribution in [0.2, 0.25) is 0 Å². The predicted octanol–water partition coefficient (Wildman–Crippen LogP) is 0.598. The van der Waals surface area contributed by atoms with Crippen LogP contribution < -0.4 is 5.73 Å². The van der Waals surface area contributed by atoms with E-state index < -0.39 is 0 Å². The molecule has 19 heavy (non-hydrogen) atoms. The second-order valence-corrected chi connectivity index (χ2v) is 3.57. The fourth-order valence-corrected chi connectivity index (χ4v) is 1.19. The molecule has 0 aliphatic rings. The van der Waals surface area contributed by atoms with Gasteiger partial charge in [0.15, 0.2) is 0 Å². The number of pyridine rings is 1. The molecule has 0 bridgehead atoms. The van der Waals surface area contributed by atoms with E-state index in [9.17, 15) is 9.59 Å². The predicted molar refractivity (Wildman–Crippen MR) is 67.0 cm³/mol. The quantitative estimate of drug-likeness (QED) is 0.497. The minimum atomic E-state index is -0.223. The molecule has 1 aromatic heterocycles. The summed E-state index contributed by atoms with van der Waals surface area (Å²) in [6.45, 7) is 1.94. The zero-order valence-electron chi connectivity index (χ0n) is 10.7. The van der Waals surface area contributed by atoms with Crippen molar-refractivity contribution in [1.82, 2.24) is 9.88 Å². The molecule has 1 heterocycles. The first kappa shape index (κ1) is 17.8. The van der Waals surface area contributed by atoms with Crippen molar-refractivity contribution in [2.75, 3.05) is 12.3 Å². The molecule has 0 fully saturated rings. The van der Waals surface area contributed by atoms with E-state index in [-0.39, 0.29) is 45.2 Å². The van der Waals surface area contributed by atoms with Gasteiger partial charge in [0.1, 0.15) is 0 Å². The average Bonchev–Trinajstić information content (AvgIpc) is 2.37. The van der Waals surface area contributed by atoms with Crippen LogP contribution in [0, 0.1) is 17.9 Å². The second-order valence-electron chi connectivity index (χ2n) is 3.57. The monoisotopic (exact) mass is 333 g/mol. The van der Waals surface area contributed by atoms with Crippen molar-refractivity contribution in [2.24, 2.45) is 0 Å². The van der Waals surface area contributed by atoms with E-state index in [1.165, 1.54) is 6.20 Å². The minimum Gasteiger partial charge on any atom is -0.418 e. The Kier molecular flexibility index (Phi) is 9.02. The molecule has 2 amide bonds. The number of hydrogen-bond acceptors (Lipinski definition) is 4. The SMILES string of the molecule is CCCC(=O)N(C=O)CC#Cc1c[c-]c(N)cn1.[Y]. The Bertz CT molecular complexity index is 477. The number of nitrogen functional groups attached to an aromatic ring is 1. The van der Waals surface area contributed by atoms with Gasteiger partial charge in [0, 0.05) is 39.1 Å². The maximum atomic E-state index is 11.4. The van der Waals surface area contributed by atoms with E-state index in [2.05, 4.69) is 22.9 Å². The number of anilines is 1. The number of aromatic nitrogens is 1. The topological polar surface area (TPSA) is 76.3 Å². The molecule has 2 N–H and O–H groups in total. The van der Waals surface area contributed by atoms with Crippen molar-refractivity contribution in [1.29, 1.82) is 0 Å². The van der Waals surface area contributed by atoms with Crippen molar-refractivity contribution in [3.8, 4) is 11.8 Å². The van der Waals surface area contributed by atoms with Gasteiger partial charge in [-0.1, -0.05) is 24.7 Å². The standard InChI is InChI=1S/C13H14N3O2.Y/c1-2-4-13(18)16(10-17)8-3-5-12-7-6-11(14)9-15-12;/h7,9-10H,2,4,8,14H2,1H3;/q-1;. The van der Waals surface area contributed by atoms with Crippen LogP contribution >= 0.6 is 0 Å². The van der Waals surface area contributed by atoms with E-state index in [0.29, 0.717) is 30.6 Å². The number of nitrogens with zero attached hydrogens (tertiary/aromatic N) is 2. The summed E-state index contributed by atoms with van der Waals surface area (Å²) in [6, 6.07) is 4.31. The van der Waals surface area contributed by atoms with Gasteiger partial charge >= 0.3 is 0 Å². The smallest absolute Gasteiger partial charge is 0.229 e. The van der Waals surface area contributed by atoms with Crippen molar-refractivity contribution in [3.63, 3.8) is 0 Å². The molecule has 0 saturated carbocycles. The third-order valence-electron chi connectivity index (χ3n) is 2.10. The summed E-state index contributed by atoms with van der Waals surface area (Å²) in [5.41, 5.74) is 6.37. The average molecular weight is 333 g/mol. The number of rotatable bonds is 4. The van der Waals surface area contributed by atoms with Gasteiger partial charge in [0.25, 0.3) is 0 Å². The number of amides is 2. The maximum absolute atomic E-state index is 11.4. The molecule has 6 heteroatoms. The summed E-state index contributed by atoms with van der Waals surface area (Å²) in [4.78, 5) is 27.2. The van der Waals surface area contributed by atoms with Crippen molar-refractivity contribution < 1.29 is 42.3 Å². The molecule has 0 saturated heterocycles. The second kappa shape index (κ2) is 9.65. The van der Waals surface area contributed by atoms with Crippen molar-refractivity contribution >= 4 is 18.0 Å². The Hall–Kier alpha value is -1.25. The number of carbonyl (C=O) groups is 2. The Labute approximate surface area is 137 Å². The Morgan fingerprint density at radius 1 is 1.63 bits per heavy atom. The van der Waals surface area contributed by atoms with E-state index >= 15 is 0 Å². The third kappa shape index (κ3) is 6.46. The van der Waals surface area contributed by atoms with Crippen LogP contribution in [-0.4, -0.2) is 28.7 Å². The van der Waals surface area contributed by atoms with Crippen LogP contribution in [0.1, 0.15) is 25.5 Å². The number of carbonyl (C=O) groups excluding carboxylic acids is 2. The van der Waals surface area contributed by atoms with Crippen LogP contribution in [0.4, 0.5) is 5.69 Å². The molecule has 1 rings (SSSR count). The van der Waals surface area contributed by atoms with Gasteiger partial charge in [-0.2, -0.15) is 6.07 Å². The molecule has 0 atom stereocenters. The van der Waals surface area contributed by atoms with Gasteiger partial charge in [0.2, 0.25) is 12.3 Å². The summed E-state index contributed by atoms with van der Waals surface area (Å²) in [5, 5.41) is 0. The van der Waals surface area contributed by atoms with E-state index in [0.717, 1.165) is 4.90 Å². The van der Waals surface area contributed by atoms with Gasteiger partial charge in [-0.15, -0.1) is 12.0 Å².